The molecule has 1 aromatic carbocycles. The van der Waals surface area contributed by atoms with Gasteiger partial charge in [-0.15, -0.1) is 0 Å². The average molecular weight is 424 g/mol. The highest BCUT2D eigenvalue weighted by Gasteiger charge is 2.38. The van der Waals surface area contributed by atoms with E-state index in [0.717, 1.165) is 43.5 Å². The van der Waals surface area contributed by atoms with Crippen LogP contribution in [0.15, 0.2) is 41.9 Å². The van der Waals surface area contributed by atoms with Crippen LogP contribution in [0.25, 0.3) is 0 Å². The maximum Gasteiger partial charge on any atom is 0.338 e. The molecule has 164 valence electrons. The lowest BCUT2D eigenvalue weighted by Gasteiger charge is -2.36. The third-order valence-corrected chi connectivity index (χ3v) is 6.00. The number of carbonyl (C=O) groups is 2. The molecule has 0 N–H and O–H groups in total. The Hall–Kier alpha value is -3.16. The van der Waals surface area contributed by atoms with Crippen molar-refractivity contribution in [2.24, 2.45) is 0 Å². The van der Waals surface area contributed by atoms with Gasteiger partial charge in [-0.1, -0.05) is 29.8 Å². The van der Waals surface area contributed by atoms with Crippen molar-refractivity contribution in [3.8, 4) is 0 Å². The van der Waals surface area contributed by atoms with Crippen LogP contribution < -0.4 is 4.90 Å². The van der Waals surface area contributed by atoms with Crippen molar-refractivity contribution in [1.82, 2.24) is 19.7 Å². The van der Waals surface area contributed by atoms with Gasteiger partial charge in [-0.2, -0.15) is 10.1 Å². The van der Waals surface area contributed by atoms with Crippen molar-refractivity contribution in [1.29, 1.82) is 0 Å². The predicted octanol–water partition coefficient (Wildman–Crippen LogP) is 2.85. The average Bonchev–Trinajstić information content (AvgIpc) is 3.26. The molecule has 4 rings (SSSR count). The topological polar surface area (TPSA) is 80.6 Å². The normalized spacial score (nSPS) is 18.7. The number of aromatic nitrogens is 3. The van der Waals surface area contributed by atoms with Crippen molar-refractivity contribution >= 4 is 17.8 Å². The number of carbonyl (C=O) groups excluding carboxylic acids is 2. The first kappa shape index (κ1) is 21.1. The van der Waals surface area contributed by atoms with Gasteiger partial charge >= 0.3 is 5.97 Å². The summed E-state index contributed by atoms with van der Waals surface area (Å²) in [4.78, 5) is 34.2. The highest BCUT2D eigenvalue weighted by molar-refractivity contribution is 5.93. The van der Waals surface area contributed by atoms with Crippen LogP contribution in [0.3, 0.4) is 0 Å². The molecule has 0 aliphatic carbocycles. The third kappa shape index (κ3) is 4.06. The number of esters is 1. The van der Waals surface area contributed by atoms with Crippen LogP contribution in [0.2, 0.25) is 0 Å². The number of amides is 1. The summed E-state index contributed by atoms with van der Waals surface area (Å²) in [5, 5.41) is 4.43. The van der Waals surface area contributed by atoms with E-state index >= 15 is 0 Å². The Kier molecular flexibility index (Phi) is 6.06. The van der Waals surface area contributed by atoms with Gasteiger partial charge in [-0.05, 0) is 45.6 Å². The van der Waals surface area contributed by atoms with E-state index in [1.165, 1.54) is 6.33 Å². The molecular weight excluding hydrogens is 394 g/mol. The first-order valence-electron chi connectivity index (χ1n) is 10.9. The van der Waals surface area contributed by atoms with E-state index < -0.39 is 12.0 Å². The van der Waals surface area contributed by atoms with E-state index in [2.05, 4.69) is 10.1 Å². The standard InChI is InChI=1S/C23H29N5O3/c1-4-31-22(30)20-17(3)27(14-19(29)26-12-6-5-7-13-26)23-24-15-25-28(23)21(20)18-10-8-16(2)9-11-18/h8-11,15,21H,4-7,12-14H2,1-3H3. The maximum atomic E-state index is 13.1. The second-order valence-corrected chi connectivity index (χ2v) is 8.06. The Balaban J connectivity index is 1.75. The fourth-order valence-electron chi connectivity index (χ4n) is 4.33. The first-order chi connectivity index (χ1) is 15.0. The number of benzene rings is 1. The molecule has 0 spiro atoms. The molecule has 1 saturated heterocycles. The molecule has 2 aliphatic heterocycles. The number of hydrogen-bond acceptors (Lipinski definition) is 6. The summed E-state index contributed by atoms with van der Waals surface area (Å²) in [6.45, 7) is 7.61. The molecule has 0 saturated carbocycles. The number of ether oxygens (including phenoxy) is 1. The summed E-state index contributed by atoms with van der Waals surface area (Å²) in [6.07, 6.45) is 4.68. The smallest absolute Gasteiger partial charge is 0.338 e. The Bertz CT molecular complexity index is 989. The number of allylic oxidation sites excluding steroid dienone is 1. The number of likely N-dealkylation sites (tertiary alicyclic amines) is 1. The molecule has 0 bridgehead atoms. The highest BCUT2D eigenvalue weighted by Crippen LogP contribution is 2.38. The van der Waals surface area contributed by atoms with Gasteiger partial charge in [-0.3, -0.25) is 4.79 Å². The van der Waals surface area contributed by atoms with Crippen molar-refractivity contribution in [2.75, 3.05) is 31.1 Å². The number of piperidine rings is 1. The largest absolute Gasteiger partial charge is 0.463 e. The lowest BCUT2D eigenvalue weighted by molar-refractivity contribution is -0.139. The van der Waals surface area contributed by atoms with E-state index in [-0.39, 0.29) is 19.1 Å². The summed E-state index contributed by atoms with van der Waals surface area (Å²) in [5.74, 6) is 0.189. The molecule has 8 nitrogen and oxygen atoms in total. The summed E-state index contributed by atoms with van der Waals surface area (Å²) in [7, 11) is 0. The minimum Gasteiger partial charge on any atom is -0.463 e. The van der Waals surface area contributed by atoms with Crippen LogP contribution in [-0.4, -0.2) is 57.8 Å². The molecule has 1 fully saturated rings. The number of anilines is 1. The molecule has 8 heteroatoms. The first-order valence-corrected chi connectivity index (χ1v) is 10.9. The second-order valence-electron chi connectivity index (χ2n) is 8.06. The van der Waals surface area contributed by atoms with Gasteiger partial charge in [0, 0.05) is 18.8 Å². The molecule has 2 aromatic rings. The number of rotatable bonds is 5. The van der Waals surface area contributed by atoms with Crippen LogP contribution >= 0.6 is 0 Å². The molecule has 1 amide bonds. The maximum absolute atomic E-state index is 13.1. The molecule has 1 atom stereocenters. The molecule has 3 heterocycles. The zero-order chi connectivity index (χ0) is 22.0. The lowest BCUT2D eigenvalue weighted by Crippen LogP contribution is -2.45. The molecule has 1 unspecified atom stereocenters. The summed E-state index contributed by atoms with van der Waals surface area (Å²) in [5.41, 5.74) is 3.21. The Morgan fingerprint density at radius 3 is 2.48 bits per heavy atom. The van der Waals surface area contributed by atoms with Gasteiger partial charge in [0.2, 0.25) is 11.9 Å². The van der Waals surface area contributed by atoms with E-state index in [1.54, 1.807) is 16.5 Å². The molecule has 2 aliphatic rings. The second kappa shape index (κ2) is 8.91. The summed E-state index contributed by atoms with van der Waals surface area (Å²) < 4.78 is 7.12. The van der Waals surface area contributed by atoms with Crippen molar-refractivity contribution in [3.63, 3.8) is 0 Å². The number of nitrogens with zero attached hydrogens (tertiary/aromatic N) is 5. The van der Waals surface area contributed by atoms with E-state index in [0.29, 0.717) is 17.2 Å². The Morgan fingerprint density at radius 1 is 1.10 bits per heavy atom. The van der Waals surface area contributed by atoms with Crippen LogP contribution in [0.5, 0.6) is 0 Å². The van der Waals surface area contributed by atoms with Crippen molar-refractivity contribution < 1.29 is 14.3 Å². The fourth-order valence-corrected chi connectivity index (χ4v) is 4.33. The predicted molar refractivity (Wildman–Crippen MR) is 116 cm³/mol. The van der Waals surface area contributed by atoms with Crippen molar-refractivity contribution in [2.45, 2.75) is 46.1 Å². The van der Waals surface area contributed by atoms with Crippen molar-refractivity contribution in [3.05, 3.63) is 53.0 Å². The van der Waals surface area contributed by atoms with Crippen LogP contribution in [0.4, 0.5) is 5.95 Å². The lowest BCUT2D eigenvalue weighted by atomic mass is 9.94. The highest BCUT2D eigenvalue weighted by atomic mass is 16.5. The Morgan fingerprint density at radius 2 is 1.81 bits per heavy atom. The van der Waals surface area contributed by atoms with E-state index in [1.807, 2.05) is 43.0 Å². The molecular formula is C23H29N5O3. The van der Waals surface area contributed by atoms with Crippen LogP contribution in [0.1, 0.15) is 50.3 Å². The van der Waals surface area contributed by atoms with E-state index in [4.69, 9.17) is 4.74 Å². The summed E-state index contributed by atoms with van der Waals surface area (Å²) >= 11 is 0. The van der Waals surface area contributed by atoms with Gasteiger partial charge in [0.05, 0.1) is 12.2 Å². The zero-order valence-electron chi connectivity index (χ0n) is 18.4. The van der Waals surface area contributed by atoms with Crippen LogP contribution in [0, 0.1) is 6.92 Å². The monoisotopic (exact) mass is 423 g/mol. The number of fused-ring (bicyclic) bond motifs is 1. The quantitative estimate of drug-likeness (QED) is 0.688. The van der Waals surface area contributed by atoms with Gasteiger partial charge in [-0.25, -0.2) is 9.48 Å². The number of aryl methyl sites for hydroxylation is 1. The molecule has 1 aromatic heterocycles. The Labute approximate surface area is 182 Å². The third-order valence-electron chi connectivity index (χ3n) is 6.00. The number of hydrogen-bond donors (Lipinski definition) is 0. The SMILES string of the molecule is CCOC(=O)C1=C(C)N(CC(=O)N2CCCCC2)c2ncnn2C1c1ccc(C)cc1. The minimum absolute atomic E-state index is 0.0330. The fraction of sp³-hybridized carbons (Fsp3) is 0.478. The van der Waals surface area contributed by atoms with Gasteiger partial charge < -0.3 is 14.5 Å². The molecule has 31 heavy (non-hydrogen) atoms. The van der Waals surface area contributed by atoms with Gasteiger partial charge in [0.25, 0.3) is 0 Å². The molecule has 0 radical (unpaired) electrons. The van der Waals surface area contributed by atoms with Gasteiger partial charge in [0.1, 0.15) is 18.9 Å². The van der Waals surface area contributed by atoms with Crippen LogP contribution in [-0.2, 0) is 14.3 Å². The zero-order valence-corrected chi connectivity index (χ0v) is 18.4. The van der Waals surface area contributed by atoms with Gasteiger partial charge in [0.15, 0.2) is 0 Å². The van der Waals surface area contributed by atoms with E-state index in [9.17, 15) is 9.59 Å². The minimum atomic E-state index is -0.460. The summed E-state index contributed by atoms with van der Waals surface area (Å²) in [6, 6.07) is 7.55.